The average Bonchev–Trinajstić information content (AvgIpc) is 2.90. The molecule has 1 aliphatic rings. The first-order chi connectivity index (χ1) is 10.2. The summed E-state index contributed by atoms with van der Waals surface area (Å²) in [5.74, 6) is 0.232. The van der Waals surface area contributed by atoms with Crippen LogP contribution in [0.2, 0.25) is 0 Å². The molecule has 0 saturated heterocycles. The number of hydrogen-bond donors (Lipinski definition) is 1. The number of benzene rings is 1. The van der Waals surface area contributed by atoms with Crippen LogP contribution in [0, 0.1) is 17.8 Å². The van der Waals surface area contributed by atoms with Gasteiger partial charge in [-0.2, -0.15) is 0 Å². The quantitative estimate of drug-likeness (QED) is 0.865. The maximum atomic E-state index is 11.6. The van der Waals surface area contributed by atoms with E-state index in [1.54, 1.807) is 11.3 Å². The van der Waals surface area contributed by atoms with Crippen LogP contribution in [0.15, 0.2) is 29.6 Å². The van der Waals surface area contributed by atoms with Gasteiger partial charge in [-0.15, -0.1) is 11.3 Å². The van der Waals surface area contributed by atoms with Gasteiger partial charge >= 0.3 is 5.97 Å². The third kappa shape index (κ3) is 2.98. The highest BCUT2D eigenvalue weighted by Gasteiger charge is 2.34. The fraction of sp³-hybridized carbons (Fsp3) is 0.500. The second-order valence-electron chi connectivity index (χ2n) is 6.25. The molecule has 1 aromatic heterocycles. The maximum Gasteiger partial charge on any atom is 0.306 e. The minimum absolute atomic E-state index is 0.161. The van der Waals surface area contributed by atoms with Gasteiger partial charge in [0, 0.05) is 4.70 Å². The van der Waals surface area contributed by atoms with E-state index in [1.807, 2.05) is 0 Å². The van der Waals surface area contributed by atoms with E-state index in [2.05, 4.69) is 36.6 Å². The summed E-state index contributed by atoms with van der Waals surface area (Å²) < 4.78 is 1.31. The molecule has 3 heteroatoms. The monoisotopic (exact) mass is 302 g/mol. The summed E-state index contributed by atoms with van der Waals surface area (Å²) in [6.07, 6.45) is 5.08. The van der Waals surface area contributed by atoms with Crippen molar-refractivity contribution in [1.29, 1.82) is 0 Å². The Kier molecular flexibility index (Phi) is 4.29. The van der Waals surface area contributed by atoms with Crippen molar-refractivity contribution >= 4 is 27.4 Å². The molecular formula is C18H22O2S. The molecule has 1 heterocycles. The van der Waals surface area contributed by atoms with Crippen LogP contribution >= 0.6 is 11.3 Å². The lowest BCUT2D eigenvalue weighted by Crippen LogP contribution is -2.31. The van der Waals surface area contributed by atoms with Crippen LogP contribution in [-0.2, 0) is 11.2 Å². The molecule has 0 radical (unpaired) electrons. The lowest BCUT2D eigenvalue weighted by Gasteiger charge is -2.33. The Morgan fingerprint density at radius 1 is 1.33 bits per heavy atom. The zero-order valence-corrected chi connectivity index (χ0v) is 13.2. The van der Waals surface area contributed by atoms with E-state index in [-0.39, 0.29) is 5.92 Å². The van der Waals surface area contributed by atoms with Crippen LogP contribution in [-0.4, -0.2) is 11.1 Å². The summed E-state index contributed by atoms with van der Waals surface area (Å²) in [5, 5.41) is 13.0. The van der Waals surface area contributed by atoms with Crippen molar-refractivity contribution in [3.05, 3.63) is 35.2 Å². The van der Waals surface area contributed by atoms with Crippen LogP contribution in [0.25, 0.3) is 10.1 Å². The number of thiophene rings is 1. The van der Waals surface area contributed by atoms with E-state index >= 15 is 0 Å². The molecular weight excluding hydrogens is 280 g/mol. The fourth-order valence-corrected chi connectivity index (χ4v) is 4.73. The van der Waals surface area contributed by atoms with E-state index in [4.69, 9.17) is 0 Å². The Hall–Kier alpha value is -1.35. The van der Waals surface area contributed by atoms with Gasteiger partial charge in [-0.05, 0) is 59.9 Å². The molecule has 1 N–H and O–H groups in total. The van der Waals surface area contributed by atoms with E-state index in [1.165, 1.54) is 22.1 Å². The van der Waals surface area contributed by atoms with Crippen molar-refractivity contribution < 1.29 is 9.90 Å². The smallest absolute Gasteiger partial charge is 0.306 e. The number of carboxylic acids is 1. The molecule has 112 valence electrons. The molecule has 2 aromatic rings. The van der Waals surface area contributed by atoms with Crippen LogP contribution < -0.4 is 0 Å². The predicted octanol–water partition coefficient (Wildman–Crippen LogP) is 4.97. The van der Waals surface area contributed by atoms with Crippen molar-refractivity contribution in [2.24, 2.45) is 17.8 Å². The van der Waals surface area contributed by atoms with Crippen LogP contribution in [0.3, 0.4) is 0 Å². The summed E-state index contributed by atoms with van der Waals surface area (Å²) >= 11 is 1.77. The highest BCUT2D eigenvalue weighted by Crippen LogP contribution is 2.39. The Bertz CT molecular complexity index is 631. The summed E-state index contributed by atoms with van der Waals surface area (Å²) in [6.45, 7) is 2.23. The van der Waals surface area contributed by atoms with Gasteiger partial charge in [0.05, 0.1) is 5.92 Å². The predicted molar refractivity (Wildman–Crippen MR) is 87.8 cm³/mol. The van der Waals surface area contributed by atoms with Crippen LogP contribution in [0.4, 0.5) is 0 Å². The Labute approximate surface area is 129 Å². The van der Waals surface area contributed by atoms with Crippen molar-refractivity contribution in [2.45, 2.75) is 39.0 Å². The summed E-state index contributed by atoms with van der Waals surface area (Å²) in [7, 11) is 0. The van der Waals surface area contributed by atoms with Gasteiger partial charge in [-0.3, -0.25) is 4.79 Å². The summed E-state index contributed by atoms with van der Waals surface area (Å²) in [6, 6.07) is 8.45. The number of fused-ring (bicyclic) bond motifs is 1. The zero-order chi connectivity index (χ0) is 14.8. The van der Waals surface area contributed by atoms with E-state index in [0.29, 0.717) is 11.8 Å². The van der Waals surface area contributed by atoms with Crippen molar-refractivity contribution in [3.63, 3.8) is 0 Å². The summed E-state index contributed by atoms with van der Waals surface area (Å²) in [4.78, 5) is 11.6. The minimum Gasteiger partial charge on any atom is -0.481 e. The van der Waals surface area contributed by atoms with E-state index < -0.39 is 5.97 Å². The lowest BCUT2D eigenvalue weighted by molar-refractivity contribution is -0.145. The number of carbonyl (C=O) groups is 1. The van der Waals surface area contributed by atoms with Gasteiger partial charge in [0.2, 0.25) is 0 Å². The number of rotatable bonds is 4. The highest BCUT2D eigenvalue weighted by atomic mass is 32.1. The van der Waals surface area contributed by atoms with Crippen LogP contribution in [0.5, 0.6) is 0 Å². The summed E-state index contributed by atoms with van der Waals surface area (Å²) in [5.41, 5.74) is 1.34. The molecule has 0 amide bonds. The molecule has 21 heavy (non-hydrogen) atoms. The maximum absolute atomic E-state index is 11.6. The SMILES string of the molecule is CCC1CCC(C(=O)O)C(Cc2csc3ccccc23)C1. The van der Waals surface area contributed by atoms with Gasteiger partial charge in [-0.25, -0.2) is 0 Å². The van der Waals surface area contributed by atoms with Crippen molar-refractivity contribution in [1.82, 2.24) is 0 Å². The third-order valence-electron chi connectivity index (χ3n) is 5.03. The first kappa shape index (κ1) is 14.6. The topological polar surface area (TPSA) is 37.3 Å². The Morgan fingerprint density at radius 2 is 2.14 bits per heavy atom. The van der Waals surface area contributed by atoms with Gasteiger partial charge in [0.25, 0.3) is 0 Å². The Balaban J connectivity index is 1.84. The highest BCUT2D eigenvalue weighted by molar-refractivity contribution is 7.17. The molecule has 2 nitrogen and oxygen atoms in total. The first-order valence-corrected chi connectivity index (χ1v) is 8.75. The molecule has 0 spiro atoms. The first-order valence-electron chi connectivity index (χ1n) is 7.87. The minimum atomic E-state index is -0.603. The van der Waals surface area contributed by atoms with Gasteiger partial charge in [0.1, 0.15) is 0 Å². The normalized spacial score (nSPS) is 26.0. The molecule has 3 unspecified atom stereocenters. The van der Waals surface area contributed by atoms with Gasteiger partial charge < -0.3 is 5.11 Å². The average molecular weight is 302 g/mol. The Morgan fingerprint density at radius 3 is 2.90 bits per heavy atom. The van der Waals surface area contributed by atoms with Gasteiger partial charge in [0.15, 0.2) is 0 Å². The number of hydrogen-bond acceptors (Lipinski definition) is 2. The second kappa shape index (κ2) is 6.18. The fourth-order valence-electron chi connectivity index (χ4n) is 3.76. The van der Waals surface area contributed by atoms with Gasteiger partial charge in [-0.1, -0.05) is 31.5 Å². The molecule has 3 atom stereocenters. The van der Waals surface area contributed by atoms with Crippen LogP contribution in [0.1, 0.15) is 38.2 Å². The van der Waals surface area contributed by atoms with E-state index in [0.717, 1.165) is 25.7 Å². The van der Waals surface area contributed by atoms with E-state index in [9.17, 15) is 9.90 Å². The zero-order valence-electron chi connectivity index (χ0n) is 12.4. The lowest BCUT2D eigenvalue weighted by atomic mass is 9.71. The molecule has 1 aromatic carbocycles. The molecule has 0 bridgehead atoms. The molecule has 1 saturated carbocycles. The standard InChI is InChI=1S/C18H22O2S/c1-2-12-7-8-16(18(19)20)13(9-12)10-14-11-21-17-6-4-3-5-15(14)17/h3-6,11-13,16H,2,7-10H2,1H3,(H,19,20). The number of aliphatic carboxylic acids is 1. The van der Waals surface area contributed by atoms with Crippen molar-refractivity contribution in [3.8, 4) is 0 Å². The number of carboxylic acid groups (broad SMARTS) is 1. The largest absolute Gasteiger partial charge is 0.481 e. The molecule has 0 aliphatic heterocycles. The second-order valence-corrected chi connectivity index (χ2v) is 7.16. The third-order valence-corrected chi connectivity index (χ3v) is 6.04. The van der Waals surface area contributed by atoms with Crippen molar-refractivity contribution in [2.75, 3.05) is 0 Å². The molecule has 1 aliphatic carbocycles. The molecule has 1 fully saturated rings. The molecule has 3 rings (SSSR count).